The van der Waals surface area contributed by atoms with Crippen molar-refractivity contribution in [2.24, 2.45) is 0 Å². The summed E-state index contributed by atoms with van der Waals surface area (Å²) in [5.41, 5.74) is 0. The van der Waals surface area contributed by atoms with Gasteiger partial charge in [0.1, 0.15) is 0 Å². The zero-order valence-electron chi connectivity index (χ0n) is 8.20. The van der Waals surface area contributed by atoms with Gasteiger partial charge < -0.3 is 4.90 Å². The fourth-order valence-corrected chi connectivity index (χ4v) is 4.05. The first-order valence-electron chi connectivity index (χ1n) is 5.13. The van der Waals surface area contributed by atoms with Crippen LogP contribution in [0.15, 0.2) is 0 Å². The first-order chi connectivity index (χ1) is 6.58. The van der Waals surface area contributed by atoms with E-state index in [0.29, 0.717) is 11.6 Å². The van der Waals surface area contributed by atoms with Gasteiger partial charge in [0.05, 0.1) is 17.3 Å². The van der Waals surface area contributed by atoms with Gasteiger partial charge in [-0.3, -0.25) is 5.41 Å². The zero-order valence-corrected chi connectivity index (χ0v) is 9.02. The van der Waals surface area contributed by atoms with Crippen LogP contribution in [0.5, 0.6) is 0 Å². The first kappa shape index (κ1) is 9.96. The van der Waals surface area contributed by atoms with E-state index in [-0.39, 0.29) is 11.8 Å². The predicted octanol–water partition coefficient (Wildman–Crippen LogP) is 0.637. The summed E-state index contributed by atoms with van der Waals surface area (Å²) in [4.78, 5) is 1.98. The monoisotopic (exact) mass is 216 g/mol. The van der Waals surface area contributed by atoms with Crippen LogP contribution in [0, 0.1) is 5.41 Å². The van der Waals surface area contributed by atoms with E-state index < -0.39 is 9.84 Å². The van der Waals surface area contributed by atoms with Crippen LogP contribution in [-0.4, -0.2) is 43.2 Å². The topological polar surface area (TPSA) is 61.2 Å². The summed E-state index contributed by atoms with van der Waals surface area (Å²) in [5, 5.41) is 7.70. The van der Waals surface area contributed by atoms with Crippen molar-refractivity contribution in [1.82, 2.24) is 4.90 Å². The van der Waals surface area contributed by atoms with Crippen LogP contribution in [0.25, 0.3) is 0 Å². The standard InChI is InChI=1S/C9H16N2O2S/c10-9-4-1-5-11(9)8-3-2-6-14(12,13)7-8/h8,10H,1-7H2. The molecule has 1 unspecified atom stereocenters. The molecule has 2 aliphatic heterocycles. The van der Waals surface area contributed by atoms with Crippen LogP contribution in [0.3, 0.4) is 0 Å². The summed E-state index contributed by atoms with van der Waals surface area (Å²) in [6.45, 7) is 0.874. The molecule has 0 aliphatic carbocycles. The summed E-state index contributed by atoms with van der Waals surface area (Å²) in [6, 6.07) is 0.0868. The maximum Gasteiger partial charge on any atom is 0.152 e. The van der Waals surface area contributed by atoms with Crippen molar-refractivity contribution in [2.75, 3.05) is 18.1 Å². The summed E-state index contributed by atoms with van der Waals surface area (Å²) in [7, 11) is -2.83. The maximum absolute atomic E-state index is 11.4. The van der Waals surface area contributed by atoms with Crippen LogP contribution in [-0.2, 0) is 9.84 Å². The Hall–Kier alpha value is -0.580. The van der Waals surface area contributed by atoms with Gasteiger partial charge in [-0.05, 0) is 19.3 Å². The largest absolute Gasteiger partial charge is 0.357 e. The smallest absolute Gasteiger partial charge is 0.152 e. The third kappa shape index (κ3) is 1.92. The highest BCUT2D eigenvalue weighted by molar-refractivity contribution is 7.91. The molecule has 0 bridgehead atoms. The number of nitrogens with zero attached hydrogens (tertiary/aromatic N) is 1. The van der Waals surface area contributed by atoms with Crippen LogP contribution in [0.2, 0.25) is 0 Å². The van der Waals surface area contributed by atoms with Gasteiger partial charge in [-0.25, -0.2) is 8.42 Å². The molecular formula is C9H16N2O2S. The van der Waals surface area contributed by atoms with Crippen LogP contribution in [0.4, 0.5) is 0 Å². The molecule has 0 aromatic heterocycles. The number of amidine groups is 1. The van der Waals surface area contributed by atoms with E-state index in [1.54, 1.807) is 0 Å². The van der Waals surface area contributed by atoms with Gasteiger partial charge in [-0.2, -0.15) is 0 Å². The molecule has 2 rings (SSSR count). The number of hydrogen-bond acceptors (Lipinski definition) is 3. The molecule has 2 fully saturated rings. The molecule has 0 spiro atoms. The fourth-order valence-electron chi connectivity index (χ4n) is 2.34. The van der Waals surface area contributed by atoms with Gasteiger partial charge in [-0.1, -0.05) is 0 Å². The molecule has 0 aromatic rings. The van der Waals surface area contributed by atoms with Crippen molar-refractivity contribution in [3.8, 4) is 0 Å². The Kier molecular flexibility index (Phi) is 2.51. The lowest BCUT2D eigenvalue weighted by Crippen LogP contribution is -2.43. The average molecular weight is 216 g/mol. The fraction of sp³-hybridized carbons (Fsp3) is 0.889. The molecule has 2 heterocycles. The minimum atomic E-state index is -2.83. The molecule has 80 valence electrons. The van der Waals surface area contributed by atoms with Crippen molar-refractivity contribution in [3.63, 3.8) is 0 Å². The predicted molar refractivity (Wildman–Crippen MR) is 55.3 cm³/mol. The Morgan fingerprint density at radius 1 is 1.36 bits per heavy atom. The quantitative estimate of drug-likeness (QED) is 0.699. The van der Waals surface area contributed by atoms with Crippen molar-refractivity contribution >= 4 is 15.7 Å². The van der Waals surface area contributed by atoms with E-state index in [1.807, 2.05) is 4.90 Å². The van der Waals surface area contributed by atoms with Crippen molar-refractivity contribution < 1.29 is 8.42 Å². The highest BCUT2D eigenvalue weighted by atomic mass is 32.2. The molecule has 2 saturated heterocycles. The third-order valence-corrected chi connectivity index (χ3v) is 4.84. The molecule has 2 aliphatic rings. The molecule has 0 saturated carbocycles. The molecule has 5 heteroatoms. The third-order valence-electron chi connectivity index (χ3n) is 3.04. The summed E-state index contributed by atoms with van der Waals surface area (Å²) >= 11 is 0. The van der Waals surface area contributed by atoms with Crippen molar-refractivity contribution in [1.29, 1.82) is 5.41 Å². The second-order valence-corrected chi connectivity index (χ2v) is 6.38. The number of likely N-dealkylation sites (tertiary alicyclic amines) is 1. The number of rotatable bonds is 1. The lowest BCUT2D eigenvalue weighted by Gasteiger charge is -2.32. The lowest BCUT2D eigenvalue weighted by atomic mass is 10.1. The van der Waals surface area contributed by atoms with E-state index in [4.69, 9.17) is 5.41 Å². The molecule has 1 N–H and O–H groups in total. The first-order valence-corrected chi connectivity index (χ1v) is 6.95. The average Bonchev–Trinajstić information content (AvgIpc) is 2.49. The van der Waals surface area contributed by atoms with Crippen LogP contribution < -0.4 is 0 Å². The zero-order chi connectivity index (χ0) is 10.2. The van der Waals surface area contributed by atoms with Gasteiger partial charge in [0, 0.05) is 19.0 Å². The van der Waals surface area contributed by atoms with Crippen LogP contribution >= 0.6 is 0 Å². The Balaban J connectivity index is 2.07. The summed E-state index contributed by atoms with van der Waals surface area (Å²) < 4.78 is 22.9. The Bertz CT molecular complexity index is 337. The van der Waals surface area contributed by atoms with E-state index >= 15 is 0 Å². The van der Waals surface area contributed by atoms with Crippen molar-refractivity contribution in [2.45, 2.75) is 31.7 Å². The SMILES string of the molecule is N=C1CCCN1C1CCCS(=O)(=O)C1. The van der Waals surface area contributed by atoms with Gasteiger partial charge in [0.15, 0.2) is 9.84 Å². The highest BCUT2D eigenvalue weighted by Gasteiger charge is 2.32. The van der Waals surface area contributed by atoms with Gasteiger partial charge in [-0.15, -0.1) is 0 Å². The minimum absolute atomic E-state index is 0.0868. The Morgan fingerprint density at radius 2 is 2.14 bits per heavy atom. The van der Waals surface area contributed by atoms with Crippen LogP contribution in [0.1, 0.15) is 25.7 Å². The Morgan fingerprint density at radius 3 is 2.71 bits per heavy atom. The maximum atomic E-state index is 11.4. The normalized spacial score (nSPS) is 32.1. The minimum Gasteiger partial charge on any atom is -0.357 e. The number of nitrogens with one attached hydrogen (secondary N) is 1. The summed E-state index contributed by atoms with van der Waals surface area (Å²) in [6.07, 6.45) is 3.52. The molecule has 0 aromatic carbocycles. The lowest BCUT2D eigenvalue weighted by molar-refractivity contribution is 0.327. The molecule has 0 amide bonds. The summed E-state index contributed by atoms with van der Waals surface area (Å²) in [5.74, 6) is 1.23. The Labute approximate surface area is 84.7 Å². The van der Waals surface area contributed by atoms with E-state index in [1.165, 1.54) is 0 Å². The van der Waals surface area contributed by atoms with E-state index in [2.05, 4.69) is 0 Å². The highest BCUT2D eigenvalue weighted by Crippen LogP contribution is 2.22. The van der Waals surface area contributed by atoms with E-state index in [9.17, 15) is 8.42 Å². The second kappa shape index (κ2) is 3.53. The molecule has 1 atom stereocenters. The van der Waals surface area contributed by atoms with Gasteiger partial charge >= 0.3 is 0 Å². The van der Waals surface area contributed by atoms with Gasteiger partial charge in [0.2, 0.25) is 0 Å². The van der Waals surface area contributed by atoms with Gasteiger partial charge in [0.25, 0.3) is 0 Å². The molecule has 0 radical (unpaired) electrons. The second-order valence-electron chi connectivity index (χ2n) is 4.15. The molecule has 14 heavy (non-hydrogen) atoms. The van der Waals surface area contributed by atoms with Crippen molar-refractivity contribution in [3.05, 3.63) is 0 Å². The molecule has 4 nitrogen and oxygen atoms in total. The molecular weight excluding hydrogens is 200 g/mol. The van der Waals surface area contributed by atoms with E-state index in [0.717, 1.165) is 32.2 Å². The number of hydrogen-bond donors (Lipinski definition) is 1. The number of sulfone groups is 1.